The van der Waals surface area contributed by atoms with Crippen molar-refractivity contribution < 1.29 is 4.79 Å². The number of nitrogens with zero attached hydrogens (tertiary/aromatic N) is 1. The summed E-state index contributed by atoms with van der Waals surface area (Å²) < 4.78 is 1.28. The van der Waals surface area contributed by atoms with Crippen molar-refractivity contribution in [1.82, 2.24) is 9.88 Å². The molecule has 0 radical (unpaired) electrons. The summed E-state index contributed by atoms with van der Waals surface area (Å²) >= 11 is 2.45. The molecule has 198 valence electrons. The first-order valence-electron chi connectivity index (χ1n) is 13.9. The Balaban J connectivity index is 1.22. The molecule has 0 spiro atoms. The van der Waals surface area contributed by atoms with Gasteiger partial charge in [-0.15, -0.1) is 0 Å². The third kappa shape index (κ3) is 6.15. The van der Waals surface area contributed by atoms with Gasteiger partial charge in [-0.1, -0.05) is 55.8 Å². The summed E-state index contributed by atoms with van der Waals surface area (Å²) in [6.45, 7) is 9.42. The lowest BCUT2D eigenvalue weighted by Crippen LogP contribution is -2.33. The monoisotopic (exact) mass is 619 g/mol. The Morgan fingerprint density at radius 2 is 1.84 bits per heavy atom. The summed E-state index contributed by atoms with van der Waals surface area (Å²) in [6.07, 6.45) is 4.56. The molecule has 1 aliphatic rings. The van der Waals surface area contributed by atoms with Gasteiger partial charge in [0.2, 0.25) is 5.91 Å². The molecule has 0 aliphatic carbocycles. The van der Waals surface area contributed by atoms with E-state index in [4.69, 9.17) is 0 Å². The summed E-state index contributed by atoms with van der Waals surface area (Å²) in [5.74, 6) is 0.625. The fraction of sp³-hybridized carbons (Fsp3) is 0.364. The Morgan fingerprint density at radius 1 is 1.05 bits per heavy atom. The standard InChI is InChI=1S/C33H38IN3O/c1-22(2)33(38)35-26-9-6-8-25(21-26)24-15-18-37(19-16-24)17-7-11-27-29-20-23(3)13-14-31(29)36-32(27)28-10-4-5-12-30(28)34/h4-6,8-10,12-14,20-22,24,36H,7,11,15-19H2,1-3H3,(H,35,38). The van der Waals surface area contributed by atoms with Gasteiger partial charge in [0, 0.05) is 31.6 Å². The smallest absolute Gasteiger partial charge is 0.226 e. The number of piperidine rings is 1. The lowest BCUT2D eigenvalue weighted by Gasteiger charge is -2.32. The van der Waals surface area contributed by atoms with Crippen LogP contribution in [0.2, 0.25) is 0 Å². The van der Waals surface area contributed by atoms with Gasteiger partial charge in [0.05, 0.1) is 5.69 Å². The molecule has 1 amide bonds. The van der Waals surface area contributed by atoms with Crippen LogP contribution in [0.5, 0.6) is 0 Å². The normalized spacial score (nSPS) is 14.9. The summed E-state index contributed by atoms with van der Waals surface area (Å²) in [4.78, 5) is 18.5. The predicted octanol–water partition coefficient (Wildman–Crippen LogP) is 8.15. The number of fused-ring (bicyclic) bond motifs is 1. The van der Waals surface area contributed by atoms with Crippen molar-refractivity contribution in [3.8, 4) is 11.3 Å². The van der Waals surface area contributed by atoms with Crippen LogP contribution in [0.1, 0.15) is 55.7 Å². The number of aromatic nitrogens is 1. The highest BCUT2D eigenvalue weighted by molar-refractivity contribution is 14.1. The molecule has 0 unspecified atom stereocenters. The number of H-pyrrole nitrogens is 1. The van der Waals surface area contributed by atoms with Crippen LogP contribution in [0.15, 0.2) is 66.7 Å². The Labute approximate surface area is 240 Å². The number of hydrogen-bond donors (Lipinski definition) is 2. The molecular formula is C33H38IN3O. The second-order valence-corrected chi connectivity index (χ2v) is 12.2. The van der Waals surface area contributed by atoms with Gasteiger partial charge in [-0.25, -0.2) is 0 Å². The van der Waals surface area contributed by atoms with Gasteiger partial charge in [-0.2, -0.15) is 0 Å². The first kappa shape index (κ1) is 26.9. The molecule has 4 aromatic rings. The summed E-state index contributed by atoms with van der Waals surface area (Å²) in [7, 11) is 0. The molecule has 2 N–H and O–H groups in total. The van der Waals surface area contributed by atoms with Crippen LogP contribution >= 0.6 is 22.6 Å². The molecule has 0 atom stereocenters. The van der Waals surface area contributed by atoms with Crippen LogP contribution in [0, 0.1) is 16.4 Å². The number of hydrogen-bond acceptors (Lipinski definition) is 2. The van der Waals surface area contributed by atoms with Crippen molar-refractivity contribution in [3.63, 3.8) is 0 Å². The second kappa shape index (κ2) is 12.0. The maximum Gasteiger partial charge on any atom is 0.226 e. The average Bonchev–Trinajstić information content (AvgIpc) is 3.26. The van der Waals surface area contributed by atoms with E-state index < -0.39 is 0 Å². The zero-order valence-corrected chi connectivity index (χ0v) is 24.8. The Kier molecular flexibility index (Phi) is 8.54. The van der Waals surface area contributed by atoms with Gasteiger partial charge in [0.25, 0.3) is 0 Å². The molecule has 1 aliphatic heterocycles. The fourth-order valence-electron chi connectivity index (χ4n) is 5.64. The van der Waals surface area contributed by atoms with Crippen molar-refractivity contribution in [2.24, 2.45) is 5.92 Å². The Morgan fingerprint density at radius 3 is 2.61 bits per heavy atom. The van der Waals surface area contributed by atoms with E-state index in [-0.39, 0.29) is 11.8 Å². The number of anilines is 1. The highest BCUT2D eigenvalue weighted by Gasteiger charge is 2.22. The zero-order chi connectivity index (χ0) is 26.6. The lowest BCUT2D eigenvalue weighted by atomic mass is 9.89. The van der Waals surface area contributed by atoms with Crippen LogP contribution in [0.4, 0.5) is 5.69 Å². The van der Waals surface area contributed by atoms with E-state index in [1.165, 1.54) is 55.3 Å². The van der Waals surface area contributed by atoms with Crippen molar-refractivity contribution in [2.45, 2.75) is 52.4 Å². The highest BCUT2D eigenvalue weighted by atomic mass is 127. The molecule has 0 bridgehead atoms. The SMILES string of the molecule is Cc1ccc2[nH]c(-c3ccccc3I)c(CCCN3CCC(c4cccc(NC(=O)C(C)C)c4)CC3)c2c1. The molecule has 1 aromatic heterocycles. The predicted molar refractivity (Wildman–Crippen MR) is 168 cm³/mol. The van der Waals surface area contributed by atoms with E-state index in [0.29, 0.717) is 5.92 Å². The number of rotatable bonds is 8. The van der Waals surface area contributed by atoms with E-state index in [2.05, 4.69) is 105 Å². The van der Waals surface area contributed by atoms with Crippen molar-refractivity contribution in [1.29, 1.82) is 0 Å². The first-order valence-corrected chi connectivity index (χ1v) is 15.0. The number of carbonyl (C=O) groups excluding carboxylic acids is 1. The number of likely N-dealkylation sites (tertiary alicyclic amines) is 1. The maximum absolute atomic E-state index is 12.1. The molecule has 38 heavy (non-hydrogen) atoms. The van der Waals surface area contributed by atoms with Gasteiger partial charge in [0.15, 0.2) is 0 Å². The second-order valence-electron chi connectivity index (χ2n) is 11.0. The Bertz CT molecular complexity index is 1420. The van der Waals surface area contributed by atoms with Gasteiger partial charge in [-0.05, 0) is 122 Å². The summed E-state index contributed by atoms with van der Waals surface area (Å²) in [5, 5.41) is 4.42. The van der Waals surface area contributed by atoms with Gasteiger partial charge in [-0.3, -0.25) is 4.79 Å². The third-order valence-electron chi connectivity index (χ3n) is 7.84. The van der Waals surface area contributed by atoms with E-state index in [0.717, 1.165) is 38.2 Å². The molecule has 4 nitrogen and oxygen atoms in total. The largest absolute Gasteiger partial charge is 0.354 e. The van der Waals surface area contributed by atoms with E-state index in [9.17, 15) is 4.79 Å². The number of carbonyl (C=O) groups is 1. The van der Waals surface area contributed by atoms with Crippen LogP contribution < -0.4 is 5.32 Å². The minimum atomic E-state index is -0.0115. The fourth-order valence-corrected chi connectivity index (χ4v) is 6.30. The number of halogens is 1. The van der Waals surface area contributed by atoms with E-state index in [1.807, 2.05) is 19.9 Å². The zero-order valence-electron chi connectivity index (χ0n) is 22.7. The minimum Gasteiger partial charge on any atom is -0.354 e. The third-order valence-corrected chi connectivity index (χ3v) is 8.78. The number of amides is 1. The molecule has 2 heterocycles. The first-order chi connectivity index (χ1) is 18.4. The molecular weight excluding hydrogens is 581 g/mol. The molecule has 3 aromatic carbocycles. The molecule has 5 rings (SSSR count). The lowest BCUT2D eigenvalue weighted by molar-refractivity contribution is -0.118. The van der Waals surface area contributed by atoms with Crippen LogP contribution in [0.3, 0.4) is 0 Å². The van der Waals surface area contributed by atoms with Crippen LogP contribution in [-0.2, 0) is 11.2 Å². The number of aromatic amines is 1. The summed E-state index contributed by atoms with van der Waals surface area (Å²) in [5.41, 5.74) is 8.82. The van der Waals surface area contributed by atoms with Crippen molar-refractivity contribution in [3.05, 3.63) is 87.0 Å². The molecule has 0 saturated carbocycles. The van der Waals surface area contributed by atoms with Crippen LogP contribution in [0.25, 0.3) is 22.2 Å². The maximum atomic E-state index is 12.1. The Hall–Kier alpha value is -2.64. The number of aryl methyl sites for hydroxylation is 2. The number of nitrogens with one attached hydrogen (secondary N) is 2. The topological polar surface area (TPSA) is 48.1 Å². The molecule has 1 fully saturated rings. The van der Waals surface area contributed by atoms with E-state index in [1.54, 1.807) is 0 Å². The molecule has 5 heteroatoms. The van der Waals surface area contributed by atoms with Crippen molar-refractivity contribution >= 4 is 45.1 Å². The van der Waals surface area contributed by atoms with Gasteiger partial charge in [0.1, 0.15) is 0 Å². The van der Waals surface area contributed by atoms with Gasteiger partial charge < -0.3 is 15.2 Å². The highest BCUT2D eigenvalue weighted by Crippen LogP contribution is 2.35. The van der Waals surface area contributed by atoms with Crippen molar-refractivity contribution in [2.75, 3.05) is 25.0 Å². The summed E-state index contributed by atoms with van der Waals surface area (Å²) in [6, 6.07) is 23.9. The van der Waals surface area contributed by atoms with Gasteiger partial charge >= 0.3 is 0 Å². The number of benzene rings is 3. The van der Waals surface area contributed by atoms with Crippen LogP contribution in [-0.4, -0.2) is 35.4 Å². The quantitative estimate of drug-likeness (QED) is 0.196. The molecule has 1 saturated heterocycles. The minimum absolute atomic E-state index is 0.0115. The average molecular weight is 620 g/mol. The van der Waals surface area contributed by atoms with E-state index >= 15 is 0 Å².